The van der Waals surface area contributed by atoms with E-state index < -0.39 is 0 Å². The van der Waals surface area contributed by atoms with Gasteiger partial charge in [-0.2, -0.15) is 0 Å². The molecule has 2 N–H and O–H groups in total. The van der Waals surface area contributed by atoms with Gasteiger partial charge >= 0.3 is 0 Å². The first-order valence-electron chi connectivity index (χ1n) is 11.0. The standard InChI is InChI=1S/C25H38O3.ClH/c1-6-7-8-9-12-24(2,3)18-14-21(27)23-19-13-17(16-26)10-11-20(19)25(4,5)28-22(23)15-18;/h10,14-15,19-20,26-27H,6-9,11-13,16H2,1-5H3;1H/t19-,20-;/m0./s1. The summed E-state index contributed by atoms with van der Waals surface area (Å²) in [6.45, 7) is 11.2. The molecule has 0 amide bonds. The monoisotopic (exact) mass is 422 g/mol. The molecule has 1 aromatic rings. The van der Waals surface area contributed by atoms with E-state index in [1.807, 2.05) is 6.07 Å². The minimum atomic E-state index is -0.286. The van der Waals surface area contributed by atoms with Gasteiger partial charge < -0.3 is 14.9 Å². The lowest BCUT2D eigenvalue weighted by Crippen LogP contribution is -2.45. The van der Waals surface area contributed by atoms with Crippen molar-refractivity contribution in [3.05, 3.63) is 34.9 Å². The van der Waals surface area contributed by atoms with Crippen molar-refractivity contribution in [2.45, 2.75) is 96.5 Å². The van der Waals surface area contributed by atoms with Gasteiger partial charge in [-0.05, 0) is 61.8 Å². The maximum Gasteiger partial charge on any atom is 0.127 e. The summed E-state index contributed by atoms with van der Waals surface area (Å²) in [6.07, 6.45) is 9.95. The molecule has 4 heteroatoms. The maximum atomic E-state index is 11.0. The molecule has 3 nitrogen and oxygen atoms in total. The highest BCUT2D eigenvalue weighted by molar-refractivity contribution is 5.85. The maximum absolute atomic E-state index is 11.0. The summed E-state index contributed by atoms with van der Waals surface area (Å²) in [5.74, 6) is 1.71. The summed E-state index contributed by atoms with van der Waals surface area (Å²) < 4.78 is 6.47. The molecule has 0 saturated carbocycles. The number of aliphatic hydroxyl groups excluding tert-OH is 1. The van der Waals surface area contributed by atoms with E-state index in [2.05, 4.69) is 46.8 Å². The molecule has 1 heterocycles. The minimum Gasteiger partial charge on any atom is -0.508 e. The molecular formula is C25H39ClO3. The number of benzene rings is 1. The molecule has 0 bridgehead atoms. The van der Waals surface area contributed by atoms with Crippen LogP contribution in [0.1, 0.15) is 96.6 Å². The number of halogens is 1. The van der Waals surface area contributed by atoms with Crippen LogP contribution >= 0.6 is 12.4 Å². The molecule has 0 radical (unpaired) electrons. The van der Waals surface area contributed by atoms with Crippen molar-refractivity contribution in [3.63, 3.8) is 0 Å². The molecule has 0 aromatic heterocycles. The van der Waals surface area contributed by atoms with Gasteiger partial charge in [0.05, 0.1) is 6.61 Å². The number of aliphatic hydroxyl groups is 1. The molecule has 1 aliphatic heterocycles. The third kappa shape index (κ3) is 4.94. The molecule has 29 heavy (non-hydrogen) atoms. The Labute approximate surface area is 183 Å². The van der Waals surface area contributed by atoms with E-state index in [1.165, 1.54) is 25.7 Å². The highest BCUT2D eigenvalue weighted by Crippen LogP contribution is 2.54. The second-order valence-electron chi connectivity index (χ2n) is 9.98. The lowest BCUT2D eigenvalue weighted by molar-refractivity contribution is 0.00662. The zero-order valence-corrected chi connectivity index (χ0v) is 19.6. The third-order valence-corrected chi connectivity index (χ3v) is 7.03. The van der Waals surface area contributed by atoms with E-state index in [0.29, 0.717) is 11.7 Å². The summed E-state index contributed by atoms with van der Waals surface area (Å²) in [5.41, 5.74) is 2.89. The molecule has 164 valence electrons. The van der Waals surface area contributed by atoms with Gasteiger partial charge in [-0.3, -0.25) is 0 Å². The predicted octanol–water partition coefficient (Wildman–Crippen LogP) is 6.65. The lowest BCUT2D eigenvalue weighted by Gasteiger charge is -2.47. The van der Waals surface area contributed by atoms with Crippen molar-refractivity contribution >= 4 is 12.4 Å². The van der Waals surface area contributed by atoms with E-state index in [4.69, 9.17) is 4.74 Å². The number of phenolic OH excluding ortho intramolecular Hbond substituents is 1. The van der Waals surface area contributed by atoms with Crippen LogP contribution in [0.4, 0.5) is 0 Å². The van der Waals surface area contributed by atoms with E-state index in [1.54, 1.807) is 0 Å². The van der Waals surface area contributed by atoms with Crippen LogP contribution in [0, 0.1) is 5.92 Å². The number of unbranched alkanes of at least 4 members (excludes halogenated alkanes) is 3. The molecule has 0 saturated heterocycles. The van der Waals surface area contributed by atoms with Crippen LogP contribution in [0.15, 0.2) is 23.8 Å². The summed E-state index contributed by atoms with van der Waals surface area (Å²) in [4.78, 5) is 0. The van der Waals surface area contributed by atoms with Gasteiger partial charge in [0, 0.05) is 17.4 Å². The Kier molecular flexibility index (Phi) is 7.73. The Hall–Kier alpha value is -1.19. The van der Waals surface area contributed by atoms with Crippen molar-refractivity contribution < 1.29 is 14.9 Å². The average Bonchev–Trinajstić information content (AvgIpc) is 2.63. The number of rotatable bonds is 7. The van der Waals surface area contributed by atoms with Gasteiger partial charge in [0.2, 0.25) is 0 Å². The fourth-order valence-electron chi connectivity index (χ4n) is 5.12. The van der Waals surface area contributed by atoms with Gasteiger partial charge in [-0.25, -0.2) is 0 Å². The van der Waals surface area contributed by atoms with E-state index >= 15 is 0 Å². The summed E-state index contributed by atoms with van der Waals surface area (Å²) in [6, 6.07) is 4.14. The van der Waals surface area contributed by atoms with E-state index in [-0.39, 0.29) is 35.9 Å². The zero-order valence-electron chi connectivity index (χ0n) is 18.8. The Morgan fingerprint density at radius 2 is 1.90 bits per heavy atom. The molecule has 0 spiro atoms. The number of hydrogen-bond donors (Lipinski definition) is 2. The average molecular weight is 423 g/mol. The summed E-state index contributed by atoms with van der Waals surface area (Å²) in [7, 11) is 0. The van der Waals surface area contributed by atoms with Crippen LogP contribution in [-0.4, -0.2) is 22.4 Å². The van der Waals surface area contributed by atoms with Crippen molar-refractivity contribution in [2.24, 2.45) is 5.92 Å². The molecule has 1 aliphatic carbocycles. The van der Waals surface area contributed by atoms with Gasteiger partial charge in [-0.1, -0.05) is 52.5 Å². The third-order valence-electron chi connectivity index (χ3n) is 7.03. The van der Waals surface area contributed by atoms with Crippen LogP contribution < -0.4 is 4.74 Å². The first-order valence-corrected chi connectivity index (χ1v) is 11.0. The molecule has 0 unspecified atom stereocenters. The van der Waals surface area contributed by atoms with E-state index in [9.17, 15) is 10.2 Å². The van der Waals surface area contributed by atoms with Crippen molar-refractivity contribution in [1.82, 2.24) is 0 Å². The predicted molar refractivity (Wildman–Crippen MR) is 122 cm³/mol. The number of hydrogen-bond acceptors (Lipinski definition) is 3. The fraction of sp³-hybridized carbons (Fsp3) is 0.680. The fourth-order valence-corrected chi connectivity index (χ4v) is 5.12. The lowest BCUT2D eigenvalue weighted by atomic mass is 9.66. The molecule has 2 atom stereocenters. The highest BCUT2D eigenvalue weighted by Gasteiger charge is 2.46. The topological polar surface area (TPSA) is 49.7 Å². The molecule has 1 aromatic carbocycles. The second-order valence-corrected chi connectivity index (χ2v) is 9.98. The van der Waals surface area contributed by atoms with Crippen molar-refractivity contribution in [2.75, 3.05) is 6.61 Å². The Morgan fingerprint density at radius 1 is 1.17 bits per heavy atom. The molecule has 3 rings (SSSR count). The second kappa shape index (κ2) is 9.31. The summed E-state index contributed by atoms with van der Waals surface area (Å²) >= 11 is 0. The number of fused-ring (bicyclic) bond motifs is 3. The van der Waals surface area contributed by atoms with Crippen LogP contribution in [0.2, 0.25) is 0 Å². The minimum absolute atomic E-state index is 0. The smallest absolute Gasteiger partial charge is 0.127 e. The number of aromatic hydroxyl groups is 1. The first-order chi connectivity index (χ1) is 13.2. The quantitative estimate of drug-likeness (QED) is 0.382. The van der Waals surface area contributed by atoms with Crippen LogP contribution in [0.25, 0.3) is 0 Å². The number of ether oxygens (including phenoxy) is 1. The van der Waals surface area contributed by atoms with E-state index in [0.717, 1.165) is 41.7 Å². The van der Waals surface area contributed by atoms with Gasteiger partial charge in [0.15, 0.2) is 0 Å². The van der Waals surface area contributed by atoms with Gasteiger partial charge in [0.1, 0.15) is 17.1 Å². The number of phenols is 1. The Balaban J connectivity index is 0.00000300. The van der Waals surface area contributed by atoms with Crippen LogP contribution in [0.5, 0.6) is 11.5 Å². The zero-order chi connectivity index (χ0) is 20.5. The Bertz CT molecular complexity index is 736. The van der Waals surface area contributed by atoms with Crippen molar-refractivity contribution in [1.29, 1.82) is 0 Å². The van der Waals surface area contributed by atoms with Crippen LogP contribution in [-0.2, 0) is 5.41 Å². The summed E-state index contributed by atoms with van der Waals surface area (Å²) in [5, 5.41) is 20.7. The van der Waals surface area contributed by atoms with Gasteiger partial charge in [0.25, 0.3) is 0 Å². The molecular weight excluding hydrogens is 384 g/mol. The normalized spacial score (nSPS) is 22.6. The Morgan fingerprint density at radius 3 is 2.55 bits per heavy atom. The molecule has 0 fully saturated rings. The largest absolute Gasteiger partial charge is 0.508 e. The van der Waals surface area contributed by atoms with Crippen molar-refractivity contribution in [3.8, 4) is 11.5 Å². The number of allylic oxidation sites excluding steroid dienone is 1. The highest BCUT2D eigenvalue weighted by atomic mass is 35.5. The SMILES string of the molecule is CCCCCCC(C)(C)c1cc(O)c2c(c1)OC(C)(C)[C@H]1CC=C(CO)C[C@H]21.Cl. The van der Waals surface area contributed by atoms with Crippen LogP contribution in [0.3, 0.4) is 0 Å². The molecule has 2 aliphatic rings. The first kappa shape index (κ1) is 24.1. The van der Waals surface area contributed by atoms with Gasteiger partial charge in [-0.15, -0.1) is 12.4 Å².